The Bertz CT molecular complexity index is 411. The van der Waals surface area contributed by atoms with Gasteiger partial charge in [-0.1, -0.05) is 12.1 Å². The number of benzene rings is 1. The van der Waals surface area contributed by atoms with Crippen LogP contribution in [0.2, 0.25) is 0 Å². The van der Waals surface area contributed by atoms with Crippen LogP contribution in [0.1, 0.15) is 18.9 Å². The molecule has 1 atom stereocenters. The first-order valence-corrected chi connectivity index (χ1v) is 6.47. The summed E-state index contributed by atoms with van der Waals surface area (Å²) in [5.74, 6) is -0.238. The van der Waals surface area contributed by atoms with E-state index in [0.717, 1.165) is 26.1 Å². The van der Waals surface area contributed by atoms with E-state index in [-0.39, 0.29) is 18.5 Å². The maximum absolute atomic E-state index is 14.1. The normalized spacial score (nSPS) is 22.0. The van der Waals surface area contributed by atoms with Gasteiger partial charge in [-0.25, -0.2) is 4.39 Å². The molecule has 18 heavy (non-hydrogen) atoms. The molecule has 4 heteroatoms. The number of anilines is 1. The van der Waals surface area contributed by atoms with E-state index in [0.29, 0.717) is 11.3 Å². The maximum Gasteiger partial charge on any atom is 0.146 e. The summed E-state index contributed by atoms with van der Waals surface area (Å²) in [5.41, 5.74) is 1.24. The summed E-state index contributed by atoms with van der Waals surface area (Å²) in [5, 5.41) is 9.38. The quantitative estimate of drug-likeness (QED) is 0.870. The summed E-state index contributed by atoms with van der Waals surface area (Å²) >= 11 is 0. The van der Waals surface area contributed by atoms with Gasteiger partial charge in [0, 0.05) is 24.7 Å². The van der Waals surface area contributed by atoms with Crippen molar-refractivity contribution in [2.24, 2.45) is 0 Å². The Morgan fingerprint density at radius 3 is 2.89 bits per heavy atom. The Morgan fingerprint density at radius 2 is 2.17 bits per heavy atom. The molecular formula is C14H21FN2O. The Balaban J connectivity index is 2.34. The first-order chi connectivity index (χ1) is 8.63. The lowest BCUT2D eigenvalue weighted by molar-refractivity contribution is 0.281. The standard InChI is InChI=1S/C14H21FN2O/c1-11-9-16(2)7-4-8-17(11)14-12(10-18)5-3-6-13(14)15/h3,5-6,11,18H,4,7-10H2,1-2H3. The molecule has 0 radical (unpaired) electrons. The van der Waals surface area contributed by atoms with Gasteiger partial charge in [0.05, 0.1) is 12.3 Å². The predicted molar refractivity (Wildman–Crippen MR) is 71.2 cm³/mol. The van der Waals surface area contributed by atoms with Crippen molar-refractivity contribution in [2.75, 3.05) is 31.6 Å². The van der Waals surface area contributed by atoms with Crippen LogP contribution in [0.5, 0.6) is 0 Å². The van der Waals surface area contributed by atoms with Crippen molar-refractivity contribution >= 4 is 5.69 Å². The molecule has 0 saturated carbocycles. The van der Waals surface area contributed by atoms with Crippen LogP contribution < -0.4 is 4.90 Å². The molecule has 1 aromatic carbocycles. The van der Waals surface area contributed by atoms with Crippen molar-refractivity contribution in [3.63, 3.8) is 0 Å². The molecule has 1 saturated heterocycles. The van der Waals surface area contributed by atoms with E-state index < -0.39 is 0 Å². The van der Waals surface area contributed by atoms with E-state index >= 15 is 0 Å². The van der Waals surface area contributed by atoms with Crippen molar-refractivity contribution in [1.82, 2.24) is 4.90 Å². The van der Waals surface area contributed by atoms with Crippen molar-refractivity contribution < 1.29 is 9.50 Å². The van der Waals surface area contributed by atoms with Gasteiger partial charge in [0.25, 0.3) is 0 Å². The Labute approximate surface area is 108 Å². The minimum atomic E-state index is -0.238. The highest BCUT2D eigenvalue weighted by atomic mass is 19.1. The molecule has 1 fully saturated rings. The van der Waals surface area contributed by atoms with E-state index in [1.54, 1.807) is 12.1 Å². The topological polar surface area (TPSA) is 26.7 Å². The average Bonchev–Trinajstić information content (AvgIpc) is 2.50. The van der Waals surface area contributed by atoms with Crippen LogP contribution >= 0.6 is 0 Å². The van der Waals surface area contributed by atoms with Crippen molar-refractivity contribution in [1.29, 1.82) is 0 Å². The predicted octanol–water partition coefficient (Wildman–Crippen LogP) is 1.85. The smallest absolute Gasteiger partial charge is 0.146 e. The summed E-state index contributed by atoms with van der Waals surface area (Å²) < 4.78 is 14.1. The highest BCUT2D eigenvalue weighted by Gasteiger charge is 2.24. The molecule has 1 aliphatic heterocycles. The monoisotopic (exact) mass is 252 g/mol. The second-order valence-corrected chi connectivity index (χ2v) is 5.06. The summed E-state index contributed by atoms with van der Waals surface area (Å²) in [6.07, 6.45) is 1.01. The molecule has 1 aromatic rings. The van der Waals surface area contributed by atoms with Gasteiger partial charge >= 0.3 is 0 Å². The van der Waals surface area contributed by atoms with Crippen LogP contribution in [0.15, 0.2) is 18.2 Å². The fourth-order valence-electron chi connectivity index (χ4n) is 2.71. The van der Waals surface area contributed by atoms with Crippen LogP contribution in [-0.2, 0) is 6.61 Å². The first kappa shape index (κ1) is 13.3. The minimum absolute atomic E-state index is 0.119. The second-order valence-electron chi connectivity index (χ2n) is 5.06. The third-order valence-corrected chi connectivity index (χ3v) is 3.57. The molecule has 0 aliphatic carbocycles. The number of aliphatic hydroxyl groups is 1. The highest BCUT2D eigenvalue weighted by molar-refractivity contribution is 5.55. The number of halogens is 1. The van der Waals surface area contributed by atoms with E-state index in [4.69, 9.17) is 0 Å². The molecule has 0 aromatic heterocycles. The highest BCUT2D eigenvalue weighted by Crippen LogP contribution is 2.27. The zero-order valence-electron chi connectivity index (χ0n) is 11.1. The lowest BCUT2D eigenvalue weighted by atomic mass is 10.1. The van der Waals surface area contributed by atoms with Gasteiger partial charge in [-0.3, -0.25) is 0 Å². The number of hydrogen-bond donors (Lipinski definition) is 1. The van der Waals surface area contributed by atoms with Gasteiger partial charge in [-0.2, -0.15) is 0 Å². The number of para-hydroxylation sites is 1. The summed E-state index contributed by atoms with van der Waals surface area (Å²) in [4.78, 5) is 4.36. The first-order valence-electron chi connectivity index (χ1n) is 6.47. The third-order valence-electron chi connectivity index (χ3n) is 3.57. The molecule has 1 N–H and O–H groups in total. The lowest BCUT2D eigenvalue weighted by Crippen LogP contribution is -2.39. The number of aliphatic hydroxyl groups excluding tert-OH is 1. The maximum atomic E-state index is 14.1. The van der Waals surface area contributed by atoms with Gasteiger partial charge in [0.2, 0.25) is 0 Å². The molecule has 0 bridgehead atoms. The van der Waals surface area contributed by atoms with E-state index in [9.17, 15) is 9.50 Å². The molecule has 0 amide bonds. The molecule has 2 rings (SSSR count). The molecule has 1 aliphatic rings. The molecule has 0 spiro atoms. The lowest BCUT2D eigenvalue weighted by Gasteiger charge is -2.31. The Morgan fingerprint density at radius 1 is 1.39 bits per heavy atom. The van der Waals surface area contributed by atoms with Gasteiger partial charge < -0.3 is 14.9 Å². The number of likely N-dealkylation sites (N-methyl/N-ethyl adjacent to an activating group) is 1. The van der Waals surface area contributed by atoms with Gasteiger partial charge in [-0.15, -0.1) is 0 Å². The summed E-state index contributed by atoms with van der Waals surface area (Å²) in [7, 11) is 2.09. The van der Waals surface area contributed by atoms with Crippen molar-refractivity contribution in [3.8, 4) is 0 Å². The van der Waals surface area contributed by atoms with Crippen LogP contribution in [0.4, 0.5) is 10.1 Å². The molecule has 3 nitrogen and oxygen atoms in total. The van der Waals surface area contributed by atoms with E-state index in [2.05, 4.69) is 23.8 Å². The number of hydrogen-bond acceptors (Lipinski definition) is 3. The van der Waals surface area contributed by atoms with Crippen LogP contribution in [0.25, 0.3) is 0 Å². The molecular weight excluding hydrogens is 231 g/mol. The summed E-state index contributed by atoms with van der Waals surface area (Å²) in [6.45, 7) is 4.77. The van der Waals surface area contributed by atoms with Gasteiger partial charge in [0.1, 0.15) is 5.82 Å². The largest absolute Gasteiger partial charge is 0.392 e. The van der Waals surface area contributed by atoms with Crippen molar-refractivity contribution in [2.45, 2.75) is 26.0 Å². The fraction of sp³-hybridized carbons (Fsp3) is 0.571. The van der Waals surface area contributed by atoms with Gasteiger partial charge in [0.15, 0.2) is 0 Å². The van der Waals surface area contributed by atoms with Crippen LogP contribution in [-0.4, -0.2) is 42.7 Å². The fourth-order valence-corrected chi connectivity index (χ4v) is 2.71. The number of nitrogens with zero attached hydrogens (tertiary/aromatic N) is 2. The van der Waals surface area contributed by atoms with Crippen LogP contribution in [0, 0.1) is 5.82 Å². The molecule has 1 unspecified atom stereocenters. The SMILES string of the molecule is CC1CN(C)CCCN1c1c(F)cccc1CO. The summed E-state index contributed by atoms with van der Waals surface area (Å²) in [6, 6.07) is 5.16. The molecule has 1 heterocycles. The van der Waals surface area contributed by atoms with E-state index in [1.807, 2.05) is 0 Å². The third kappa shape index (κ3) is 2.65. The Kier molecular flexibility index (Phi) is 4.19. The van der Waals surface area contributed by atoms with E-state index in [1.165, 1.54) is 6.07 Å². The van der Waals surface area contributed by atoms with Crippen LogP contribution in [0.3, 0.4) is 0 Å². The Hall–Kier alpha value is -1.13. The average molecular weight is 252 g/mol. The minimum Gasteiger partial charge on any atom is -0.392 e. The zero-order valence-corrected chi connectivity index (χ0v) is 11.1. The van der Waals surface area contributed by atoms with Crippen molar-refractivity contribution in [3.05, 3.63) is 29.6 Å². The number of rotatable bonds is 2. The van der Waals surface area contributed by atoms with Gasteiger partial charge in [-0.05, 0) is 33.0 Å². The second kappa shape index (κ2) is 5.67. The zero-order chi connectivity index (χ0) is 13.1. The molecule has 100 valence electrons.